The predicted octanol–water partition coefficient (Wildman–Crippen LogP) is 21.6. The van der Waals surface area contributed by atoms with Gasteiger partial charge in [0.25, 0.3) is 0 Å². The standard InChI is InChI=1S/C74H40N4OS2/c1-76-67-65(44-20-7-3-8-21-44)59(42-75)68(78-69-53(35-37-56-52-26-13-16-31-63(52)80-73(56)69)54-36-38-57-58-40-46(43-18-5-2-6-19-43)33-39-64(58)81-74(57)70(54)78)66(45-22-9-4-10-23-45)71(67)77-60-29-14-11-24-49(60)50-34-32-47(41-61(50)77)48-27-17-28-55-51-25-12-15-30-62(51)79-72(48)55/h2-41H. The van der Waals surface area contributed by atoms with Gasteiger partial charge in [0, 0.05) is 80.0 Å². The second-order valence-corrected chi connectivity index (χ2v) is 22.9. The molecule has 0 aliphatic heterocycles. The third-order valence-electron chi connectivity index (χ3n) is 16.6. The van der Waals surface area contributed by atoms with Gasteiger partial charge in [-0.2, -0.15) is 5.26 Å². The third kappa shape index (κ3) is 6.50. The number of hydrogen-bond acceptors (Lipinski definition) is 4. The van der Waals surface area contributed by atoms with Crippen LogP contribution in [0.25, 0.3) is 167 Å². The average Bonchev–Trinajstić information content (AvgIpc) is 2.68. The van der Waals surface area contributed by atoms with Crippen LogP contribution in [0.3, 0.4) is 0 Å². The van der Waals surface area contributed by atoms with E-state index in [1.54, 1.807) is 22.7 Å². The molecule has 0 saturated carbocycles. The molecule has 0 unspecified atom stereocenters. The summed E-state index contributed by atoms with van der Waals surface area (Å²) in [5, 5.41) is 23.4. The minimum absolute atomic E-state index is 0.390. The number of para-hydroxylation sites is 3. The fourth-order valence-electron chi connectivity index (χ4n) is 13.1. The van der Waals surface area contributed by atoms with E-state index in [1.165, 1.54) is 20.2 Å². The topological polar surface area (TPSA) is 51.1 Å². The molecule has 5 heterocycles. The number of aromatic nitrogens is 2. The van der Waals surface area contributed by atoms with Crippen LogP contribution in [0, 0.1) is 17.9 Å². The molecule has 0 bridgehead atoms. The van der Waals surface area contributed by atoms with Crippen molar-refractivity contribution in [3.8, 4) is 62.0 Å². The van der Waals surface area contributed by atoms with Gasteiger partial charge in [-0.3, -0.25) is 0 Å². The lowest BCUT2D eigenvalue weighted by Gasteiger charge is -2.26. The molecule has 7 heteroatoms. The lowest BCUT2D eigenvalue weighted by molar-refractivity contribution is 0.670. The molecule has 374 valence electrons. The number of thiophene rings is 2. The number of benzene rings is 12. The van der Waals surface area contributed by atoms with Crippen LogP contribution in [0.5, 0.6) is 0 Å². The van der Waals surface area contributed by atoms with Crippen LogP contribution in [0.1, 0.15) is 5.56 Å². The Morgan fingerprint density at radius 1 is 0.395 bits per heavy atom. The summed E-state index contributed by atoms with van der Waals surface area (Å²) in [6, 6.07) is 88.5. The van der Waals surface area contributed by atoms with E-state index in [0.717, 1.165) is 130 Å². The molecular formula is C74H40N4OS2. The van der Waals surface area contributed by atoms with Gasteiger partial charge >= 0.3 is 0 Å². The first-order valence-corrected chi connectivity index (χ1v) is 28.6. The molecule has 5 nitrogen and oxygen atoms in total. The van der Waals surface area contributed by atoms with Crippen molar-refractivity contribution >= 4 is 134 Å². The van der Waals surface area contributed by atoms with Crippen molar-refractivity contribution in [3.05, 3.63) is 260 Å². The zero-order valence-electron chi connectivity index (χ0n) is 43.1. The van der Waals surface area contributed by atoms with E-state index in [-0.39, 0.29) is 0 Å². The van der Waals surface area contributed by atoms with E-state index >= 15 is 0 Å². The summed E-state index contributed by atoms with van der Waals surface area (Å²) in [6.07, 6.45) is 0. The molecule has 5 aromatic heterocycles. The summed E-state index contributed by atoms with van der Waals surface area (Å²) in [4.78, 5) is 4.65. The molecule has 0 amide bonds. The van der Waals surface area contributed by atoms with E-state index in [1.807, 2.05) is 48.5 Å². The van der Waals surface area contributed by atoms with E-state index in [2.05, 4.69) is 214 Å². The molecule has 0 aliphatic carbocycles. The number of rotatable bonds is 6. The normalized spacial score (nSPS) is 11.9. The van der Waals surface area contributed by atoms with E-state index in [9.17, 15) is 11.8 Å². The van der Waals surface area contributed by atoms with Crippen molar-refractivity contribution < 1.29 is 4.42 Å². The average molecular weight is 1070 g/mol. The van der Waals surface area contributed by atoms with Crippen LogP contribution >= 0.6 is 22.7 Å². The van der Waals surface area contributed by atoms with Crippen LogP contribution in [0.2, 0.25) is 0 Å². The minimum Gasteiger partial charge on any atom is -0.455 e. The summed E-state index contributed by atoms with van der Waals surface area (Å²) in [5.74, 6) is 0. The van der Waals surface area contributed by atoms with Gasteiger partial charge < -0.3 is 13.6 Å². The Labute approximate surface area is 471 Å². The zero-order chi connectivity index (χ0) is 53.4. The quantitative estimate of drug-likeness (QED) is 0.156. The fourth-order valence-corrected chi connectivity index (χ4v) is 15.6. The highest BCUT2D eigenvalue weighted by molar-refractivity contribution is 7.27. The van der Waals surface area contributed by atoms with Gasteiger partial charge in [-0.15, -0.1) is 22.7 Å². The van der Waals surface area contributed by atoms with Crippen molar-refractivity contribution in [2.45, 2.75) is 0 Å². The molecule has 12 aromatic carbocycles. The van der Waals surface area contributed by atoms with E-state index < -0.39 is 0 Å². The Hall–Kier alpha value is -10.5. The first kappa shape index (κ1) is 45.5. The Balaban J connectivity index is 1.10. The van der Waals surface area contributed by atoms with Crippen LogP contribution in [-0.4, -0.2) is 9.13 Å². The summed E-state index contributed by atoms with van der Waals surface area (Å²) in [6.45, 7) is 9.56. The van der Waals surface area contributed by atoms with Crippen molar-refractivity contribution in [1.82, 2.24) is 9.13 Å². The van der Waals surface area contributed by atoms with Crippen molar-refractivity contribution in [2.24, 2.45) is 0 Å². The molecule has 0 saturated heterocycles. The molecule has 0 aliphatic rings. The number of nitriles is 1. The highest BCUT2D eigenvalue weighted by Gasteiger charge is 2.33. The first-order valence-electron chi connectivity index (χ1n) is 27.0. The minimum atomic E-state index is 0.390. The molecule has 0 radical (unpaired) electrons. The van der Waals surface area contributed by atoms with Gasteiger partial charge in [-0.05, 0) is 64.2 Å². The smallest absolute Gasteiger partial charge is 0.220 e. The Morgan fingerprint density at radius 3 is 1.67 bits per heavy atom. The number of furan rings is 1. The maximum Gasteiger partial charge on any atom is 0.220 e. The van der Waals surface area contributed by atoms with E-state index in [4.69, 9.17) is 4.42 Å². The van der Waals surface area contributed by atoms with E-state index in [0.29, 0.717) is 22.5 Å². The molecule has 81 heavy (non-hydrogen) atoms. The summed E-state index contributed by atoms with van der Waals surface area (Å²) < 4.78 is 16.1. The maximum atomic E-state index is 12.4. The first-order chi connectivity index (χ1) is 40.1. The van der Waals surface area contributed by atoms with Crippen LogP contribution in [0.4, 0.5) is 5.69 Å². The van der Waals surface area contributed by atoms with Crippen molar-refractivity contribution in [2.75, 3.05) is 0 Å². The third-order valence-corrected chi connectivity index (χ3v) is 19.0. The lowest BCUT2D eigenvalue weighted by Crippen LogP contribution is -2.09. The van der Waals surface area contributed by atoms with Crippen LogP contribution in [-0.2, 0) is 0 Å². The monoisotopic (exact) mass is 1060 g/mol. The Kier molecular flexibility index (Phi) is 9.82. The summed E-state index contributed by atoms with van der Waals surface area (Å²) >= 11 is 3.59. The summed E-state index contributed by atoms with van der Waals surface area (Å²) in [7, 11) is 0. The van der Waals surface area contributed by atoms with Crippen LogP contribution in [0.15, 0.2) is 247 Å². The van der Waals surface area contributed by atoms with Gasteiger partial charge in [0.2, 0.25) is 5.69 Å². The lowest BCUT2D eigenvalue weighted by atomic mass is 9.88. The van der Waals surface area contributed by atoms with Gasteiger partial charge in [0.1, 0.15) is 17.2 Å². The highest BCUT2D eigenvalue weighted by Crippen LogP contribution is 2.55. The molecule has 0 fully saturated rings. The number of hydrogen-bond donors (Lipinski definition) is 0. The Bertz CT molecular complexity index is 5610. The maximum absolute atomic E-state index is 12.4. The molecular weight excluding hydrogens is 1020 g/mol. The predicted molar refractivity (Wildman–Crippen MR) is 341 cm³/mol. The molecule has 17 rings (SSSR count). The zero-order valence-corrected chi connectivity index (χ0v) is 44.7. The molecule has 0 spiro atoms. The van der Waals surface area contributed by atoms with Crippen LogP contribution < -0.4 is 0 Å². The number of fused-ring (bicyclic) bond motifs is 17. The molecule has 0 atom stereocenters. The summed E-state index contributed by atoms with van der Waals surface area (Å²) in [5.41, 5.74) is 15.1. The van der Waals surface area contributed by atoms with Gasteiger partial charge in [0.05, 0.1) is 55.0 Å². The number of nitrogens with zero attached hydrogens (tertiary/aromatic N) is 4. The van der Waals surface area contributed by atoms with Crippen molar-refractivity contribution in [3.63, 3.8) is 0 Å². The SMILES string of the molecule is [C-]#[N+]c1c(-c2ccccc2)c(C#N)c(-n2c3c(ccc4c5ccccc5sc43)c3ccc4c5cc(-c6ccccc6)ccc5sc4c32)c(-c2ccccc2)c1-n1c2ccccc2c2ccc(-c3cccc4c3oc3ccccc34)cc21. The molecule has 17 aromatic rings. The highest BCUT2D eigenvalue weighted by atomic mass is 32.1. The van der Waals surface area contributed by atoms with Gasteiger partial charge in [-0.1, -0.05) is 206 Å². The van der Waals surface area contributed by atoms with Gasteiger partial charge in [-0.25, -0.2) is 4.85 Å². The fraction of sp³-hybridized carbons (Fsp3) is 0. The van der Waals surface area contributed by atoms with Gasteiger partial charge in [0.15, 0.2) is 0 Å². The molecule has 0 N–H and O–H groups in total. The largest absolute Gasteiger partial charge is 0.455 e. The Morgan fingerprint density at radius 2 is 0.951 bits per heavy atom. The second kappa shape index (κ2) is 17.5. The second-order valence-electron chi connectivity index (χ2n) is 20.8. The van der Waals surface area contributed by atoms with Crippen molar-refractivity contribution in [1.29, 1.82) is 5.26 Å².